The number of rotatable bonds is 3. The van der Waals surface area contributed by atoms with E-state index in [0.717, 1.165) is 0 Å². The van der Waals surface area contributed by atoms with Gasteiger partial charge in [-0.25, -0.2) is 8.78 Å². The van der Waals surface area contributed by atoms with Gasteiger partial charge in [-0.1, -0.05) is 18.2 Å². The Morgan fingerprint density at radius 2 is 2.00 bits per heavy atom. The van der Waals surface area contributed by atoms with Gasteiger partial charge in [0.1, 0.15) is 6.61 Å². The first-order valence-corrected chi connectivity index (χ1v) is 5.68. The second-order valence-electron chi connectivity index (χ2n) is 4.90. The Balaban J connectivity index is 2.48. The van der Waals surface area contributed by atoms with Crippen molar-refractivity contribution in [1.29, 1.82) is 0 Å². The van der Waals surface area contributed by atoms with Crippen LogP contribution in [0.5, 0.6) is 0 Å². The summed E-state index contributed by atoms with van der Waals surface area (Å²) in [6.07, 6.45) is -0.684. The lowest BCUT2D eigenvalue weighted by atomic mass is 9.78. The van der Waals surface area contributed by atoms with Crippen molar-refractivity contribution < 1.29 is 18.7 Å². The molecule has 1 atom stereocenters. The van der Waals surface area contributed by atoms with Gasteiger partial charge in [0.25, 0.3) is 5.92 Å². The number of carbonyl (C=O) groups is 1. The van der Waals surface area contributed by atoms with Crippen LogP contribution in [0.1, 0.15) is 18.9 Å². The predicted octanol–water partition coefficient (Wildman–Crippen LogP) is 1.94. The average molecular weight is 255 g/mol. The third kappa shape index (κ3) is 1.79. The molecule has 1 aromatic carbocycles. The molecule has 0 saturated heterocycles. The van der Waals surface area contributed by atoms with Gasteiger partial charge in [-0.15, -0.1) is 0 Å². The number of amides is 1. The van der Waals surface area contributed by atoms with Crippen LogP contribution in [-0.2, 0) is 10.2 Å². The largest absolute Gasteiger partial charge is 0.390 e. The molecule has 1 aliphatic heterocycles. The standard InChI is InChI=1S/C13H15F2NO2/c1-12(7-13(14,15)8-17)9-5-3-4-6-10(9)16(2)11(12)18/h3-6,17H,7-8H2,1-2H3. The summed E-state index contributed by atoms with van der Waals surface area (Å²) in [6.45, 7) is 0.253. The molecule has 18 heavy (non-hydrogen) atoms. The van der Waals surface area contributed by atoms with Crippen molar-refractivity contribution in [2.45, 2.75) is 24.7 Å². The summed E-state index contributed by atoms with van der Waals surface area (Å²) in [4.78, 5) is 13.6. The Bertz CT molecular complexity index is 490. The number of likely N-dealkylation sites (N-methyl/N-ethyl adjacent to an activating group) is 1. The highest BCUT2D eigenvalue weighted by atomic mass is 19.3. The molecule has 0 radical (unpaired) electrons. The summed E-state index contributed by atoms with van der Waals surface area (Å²) in [5.74, 6) is -3.63. The summed E-state index contributed by atoms with van der Waals surface area (Å²) in [7, 11) is 1.57. The van der Waals surface area contributed by atoms with E-state index >= 15 is 0 Å². The van der Waals surface area contributed by atoms with Crippen LogP contribution in [0.2, 0.25) is 0 Å². The number of para-hydroxylation sites is 1. The number of nitrogens with zero attached hydrogens (tertiary/aromatic N) is 1. The SMILES string of the molecule is CN1C(=O)C(C)(CC(F)(F)CO)c2ccccc21. The third-order valence-electron chi connectivity index (χ3n) is 3.48. The van der Waals surface area contributed by atoms with E-state index in [1.54, 1.807) is 31.3 Å². The lowest BCUT2D eigenvalue weighted by Gasteiger charge is -2.27. The van der Waals surface area contributed by atoms with Gasteiger partial charge in [0.15, 0.2) is 0 Å². The number of aliphatic hydroxyl groups excluding tert-OH is 1. The fourth-order valence-electron chi connectivity index (χ4n) is 2.57. The van der Waals surface area contributed by atoms with Crippen LogP contribution in [0.3, 0.4) is 0 Å². The molecule has 1 heterocycles. The number of benzene rings is 1. The average Bonchev–Trinajstić information content (AvgIpc) is 2.52. The molecule has 5 heteroatoms. The lowest BCUT2D eigenvalue weighted by Crippen LogP contribution is -2.41. The molecule has 0 saturated carbocycles. The number of hydrogen-bond donors (Lipinski definition) is 1. The molecule has 0 spiro atoms. The third-order valence-corrected chi connectivity index (χ3v) is 3.48. The number of alkyl halides is 2. The van der Waals surface area contributed by atoms with Gasteiger partial charge in [0.2, 0.25) is 5.91 Å². The maximum atomic E-state index is 13.4. The van der Waals surface area contributed by atoms with Crippen LogP contribution < -0.4 is 4.90 Å². The van der Waals surface area contributed by atoms with E-state index < -0.39 is 24.4 Å². The molecule has 98 valence electrons. The second kappa shape index (κ2) is 4.02. The number of carbonyl (C=O) groups excluding carboxylic acids is 1. The normalized spacial score (nSPS) is 23.4. The smallest absolute Gasteiger partial charge is 0.272 e. The molecular weight excluding hydrogens is 240 g/mol. The van der Waals surface area contributed by atoms with Crippen molar-refractivity contribution in [2.75, 3.05) is 18.6 Å². The molecule has 0 bridgehead atoms. The van der Waals surface area contributed by atoms with E-state index in [4.69, 9.17) is 5.11 Å². The zero-order chi connectivity index (χ0) is 13.6. The van der Waals surface area contributed by atoms with Gasteiger partial charge < -0.3 is 10.0 Å². The fraction of sp³-hybridized carbons (Fsp3) is 0.462. The Labute approximate surface area is 104 Å². The highest BCUT2D eigenvalue weighted by molar-refractivity contribution is 6.07. The molecule has 0 aromatic heterocycles. The molecule has 1 amide bonds. The zero-order valence-corrected chi connectivity index (χ0v) is 10.3. The van der Waals surface area contributed by atoms with E-state index in [9.17, 15) is 13.6 Å². The van der Waals surface area contributed by atoms with Gasteiger partial charge in [-0.3, -0.25) is 4.79 Å². The molecule has 1 N–H and O–H groups in total. The van der Waals surface area contributed by atoms with Gasteiger partial charge in [-0.05, 0) is 18.6 Å². The quantitative estimate of drug-likeness (QED) is 0.896. The molecule has 2 rings (SSSR count). The van der Waals surface area contributed by atoms with Crippen molar-refractivity contribution in [2.24, 2.45) is 0 Å². The van der Waals surface area contributed by atoms with Crippen molar-refractivity contribution >= 4 is 11.6 Å². The lowest BCUT2D eigenvalue weighted by molar-refractivity contribution is -0.128. The Morgan fingerprint density at radius 1 is 1.39 bits per heavy atom. The van der Waals surface area contributed by atoms with Crippen LogP contribution >= 0.6 is 0 Å². The van der Waals surface area contributed by atoms with E-state index in [2.05, 4.69) is 0 Å². The maximum absolute atomic E-state index is 13.4. The fourth-order valence-corrected chi connectivity index (χ4v) is 2.57. The summed E-state index contributed by atoms with van der Waals surface area (Å²) in [5.41, 5.74) is -0.0400. The van der Waals surface area contributed by atoms with Crippen LogP contribution in [-0.4, -0.2) is 30.6 Å². The van der Waals surface area contributed by atoms with Gasteiger partial charge >= 0.3 is 0 Å². The van der Waals surface area contributed by atoms with Crippen LogP contribution in [0.25, 0.3) is 0 Å². The molecule has 0 aliphatic carbocycles. The van der Waals surface area contributed by atoms with Crippen LogP contribution in [0.15, 0.2) is 24.3 Å². The molecule has 1 unspecified atom stereocenters. The van der Waals surface area contributed by atoms with Crippen LogP contribution in [0, 0.1) is 0 Å². The molecule has 3 nitrogen and oxygen atoms in total. The van der Waals surface area contributed by atoms with Gasteiger partial charge in [0, 0.05) is 19.2 Å². The minimum Gasteiger partial charge on any atom is -0.390 e. The van der Waals surface area contributed by atoms with E-state index in [0.29, 0.717) is 11.3 Å². The molecular formula is C13H15F2NO2. The van der Waals surface area contributed by atoms with Crippen molar-refractivity contribution in [1.82, 2.24) is 0 Å². The first kappa shape index (κ1) is 13.0. The van der Waals surface area contributed by atoms with Gasteiger partial charge in [-0.2, -0.15) is 0 Å². The maximum Gasteiger partial charge on any atom is 0.272 e. The number of hydrogen-bond acceptors (Lipinski definition) is 2. The van der Waals surface area contributed by atoms with Crippen LogP contribution in [0.4, 0.5) is 14.5 Å². The number of aliphatic hydroxyl groups is 1. The summed E-state index contributed by atoms with van der Waals surface area (Å²) >= 11 is 0. The highest BCUT2D eigenvalue weighted by Gasteiger charge is 2.51. The summed E-state index contributed by atoms with van der Waals surface area (Å²) < 4.78 is 26.8. The first-order valence-electron chi connectivity index (χ1n) is 5.68. The van der Waals surface area contributed by atoms with Crippen molar-refractivity contribution in [3.05, 3.63) is 29.8 Å². The number of halogens is 2. The zero-order valence-electron chi connectivity index (χ0n) is 10.3. The van der Waals surface area contributed by atoms with Gasteiger partial charge in [0.05, 0.1) is 5.41 Å². The Kier molecular flexibility index (Phi) is 2.89. The van der Waals surface area contributed by atoms with Crippen molar-refractivity contribution in [3.8, 4) is 0 Å². The second-order valence-corrected chi connectivity index (χ2v) is 4.90. The minimum absolute atomic E-state index is 0.364. The Morgan fingerprint density at radius 3 is 2.61 bits per heavy atom. The van der Waals surface area contributed by atoms with E-state index in [1.807, 2.05) is 0 Å². The molecule has 0 fully saturated rings. The first-order chi connectivity index (χ1) is 8.32. The number of anilines is 1. The molecule has 1 aliphatic rings. The monoisotopic (exact) mass is 255 g/mol. The number of fused-ring (bicyclic) bond motifs is 1. The molecule has 1 aromatic rings. The Hall–Kier alpha value is -1.49. The van der Waals surface area contributed by atoms with E-state index in [1.165, 1.54) is 11.8 Å². The summed E-state index contributed by atoms with van der Waals surface area (Å²) in [6, 6.07) is 6.90. The van der Waals surface area contributed by atoms with E-state index in [-0.39, 0.29) is 5.91 Å². The predicted molar refractivity (Wildman–Crippen MR) is 63.9 cm³/mol. The van der Waals surface area contributed by atoms with Crippen molar-refractivity contribution in [3.63, 3.8) is 0 Å². The topological polar surface area (TPSA) is 40.5 Å². The highest BCUT2D eigenvalue weighted by Crippen LogP contribution is 2.46. The minimum atomic E-state index is -3.26. The summed E-state index contributed by atoms with van der Waals surface area (Å²) in [5, 5.41) is 8.69.